The van der Waals surface area contributed by atoms with E-state index in [0.29, 0.717) is 29.3 Å². The minimum absolute atomic E-state index is 0.0139. The van der Waals surface area contributed by atoms with Crippen molar-refractivity contribution in [2.24, 2.45) is 0 Å². The number of hydrogen-bond donors (Lipinski definition) is 2. The maximum absolute atomic E-state index is 12.3. The van der Waals surface area contributed by atoms with Crippen LogP contribution < -0.4 is 15.6 Å². The standard InChI is InChI=1S/C18H17FN4O3/c19-6-8-25-13-3-1-11(2-4-13)18-22-16(23-26-18)14-9-12-10-20-7-5-15(12)21-17(14)24/h1-4,9,20H,5-8,10H2,(H,21,24). The average Bonchev–Trinajstić information content (AvgIpc) is 3.16. The van der Waals surface area contributed by atoms with Gasteiger partial charge in [0.2, 0.25) is 5.82 Å². The molecule has 0 unspecified atom stereocenters. The fourth-order valence-electron chi connectivity index (χ4n) is 2.90. The molecule has 2 N–H and O–H groups in total. The van der Waals surface area contributed by atoms with Crippen molar-refractivity contribution in [2.45, 2.75) is 13.0 Å². The summed E-state index contributed by atoms with van der Waals surface area (Å²) in [7, 11) is 0. The van der Waals surface area contributed by atoms with E-state index in [2.05, 4.69) is 20.4 Å². The molecule has 7 nitrogen and oxygen atoms in total. The Kier molecular flexibility index (Phi) is 4.49. The molecule has 0 spiro atoms. The van der Waals surface area contributed by atoms with Gasteiger partial charge in [0, 0.05) is 30.8 Å². The largest absolute Gasteiger partial charge is 0.491 e. The lowest BCUT2D eigenvalue weighted by molar-refractivity contribution is 0.273. The number of nitrogens with one attached hydrogen (secondary N) is 2. The van der Waals surface area contributed by atoms with Crippen LogP contribution in [-0.4, -0.2) is 35.0 Å². The summed E-state index contributed by atoms with van der Waals surface area (Å²) in [4.78, 5) is 19.6. The van der Waals surface area contributed by atoms with Gasteiger partial charge in [-0.05, 0) is 35.9 Å². The SMILES string of the molecule is O=c1[nH]c2c(cc1-c1noc(-c3ccc(OCCF)cc3)n1)CNCC2. The second kappa shape index (κ2) is 7.09. The van der Waals surface area contributed by atoms with Crippen LogP contribution in [0.1, 0.15) is 11.3 Å². The highest BCUT2D eigenvalue weighted by Gasteiger charge is 2.17. The summed E-state index contributed by atoms with van der Waals surface area (Å²) >= 11 is 0. The van der Waals surface area contributed by atoms with E-state index in [1.165, 1.54) is 0 Å². The van der Waals surface area contributed by atoms with Gasteiger partial charge in [0.15, 0.2) is 0 Å². The Morgan fingerprint density at radius 3 is 2.92 bits per heavy atom. The number of H-pyrrole nitrogens is 1. The summed E-state index contributed by atoms with van der Waals surface area (Å²) in [5.74, 6) is 1.10. The highest BCUT2D eigenvalue weighted by atomic mass is 19.1. The lowest BCUT2D eigenvalue weighted by Gasteiger charge is -2.16. The van der Waals surface area contributed by atoms with Gasteiger partial charge in [-0.3, -0.25) is 4.79 Å². The van der Waals surface area contributed by atoms with Crippen molar-refractivity contribution in [1.82, 2.24) is 20.4 Å². The monoisotopic (exact) mass is 356 g/mol. The van der Waals surface area contributed by atoms with Gasteiger partial charge < -0.3 is 19.6 Å². The number of aromatic amines is 1. The minimum Gasteiger partial charge on any atom is -0.491 e. The van der Waals surface area contributed by atoms with Gasteiger partial charge in [0.25, 0.3) is 11.4 Å². The lowest BCUT2D eigenvalue weighted by atomic mass is 10.0. The van der Waals surface area contributed by atoms with Crippen molar-refractivity contribution >= 4 is 0 Å². The third-order valence-corrected chi connectivity index (χ3v) is 4.20. The summed E-state index contributed by atoms with van der Waals surface area (Å²) in [6.07, 6.45) is 0.791. The third kappa shape index (κ3) is 3.23. The molecule has 0 bridgehead atoms. The predicted molar refractivity (Wildman–Crippen MR) is 92.7 cm³/mol. The summed E-state index contributed by atoms with van der Waals surface area (Å²) < 4.78 is 22.6. The first kappa shape index (κ1) is 16.5. The number of ether oxygens (including phenoxy) is 1. The molecule has 0 saturated heterocycles. The Balaban J connectivity index is 1.61. The van der Waals surface area contributed by atoms with Crippen LogP contribution in [0.4, 0.5) is 4.39 Å². The van der Waals surface area contributed by atoms with Crippen LogP contribution in [0.25, 0.3) is 22.8 Å². The van der Waals surface area contributed by atoms with Crippen LogP contribution in [0, 0.1) is 0 Å². The number of alkyl halides is 1. The first-order valence-electron chi connectivity index (χ1n) is 8.33. The number of pyridine rings is 1. The van der Waals surface area contributed by atoms with Crippen molar-refractivity contribution in [1.29, 1.82) is 0 Å². The van der Waals surface area contributed by atoms with E-state index in [9.17, 15) is 9.18 Å². The fraction of sp³-hybridized carbons (Fsp3) is 0.278. The van der Waals surface area contributed by atoms with Crippen LogP contribution in [0.15, 0.2) is 39.6 Å². The quantitative estimate of drug-likeness (QED) is 0.727. The highest BCUT2D eigenvalue weighted by Crippen LogP contribution is 2.24. The maximum Gasteiger partial charge on any atom is 0.259 e. The van der Waals surface area contributed by atoms with Gasteiger partial charge in [-0.15, -0.1) is 0 Å². The number of halogens is 1. The van der Waals surface area contributed by atoms with Crippen molar-refractivity contribution in [3.63, 3.8) is 0 Å². The van der Waals surface area contributed by atoms with Gasteiger partial charge in [-0.25, -0.2) is 4.39 Å². The van der Waals surface area contributed by atoms with Gasteiger partial charge in [0.1, 0.15) is 19.0 Å². The fourth-order valence-corrected chi connectivity index (χ4v) is 2.90. The van der Waals surface area contributed by atoms with Gasteiger partial charge >= 0.3 is 0 Å². The molecule has 134 valence electrons. The molecule has 3 aromatic rings. The van der Waals surface area contributed by atoms with Gasteiger partial charge in [0.05, 0.1) is 5.56 Å². The number of fused-ring (bicyclic) bond motifs is 1. The zero-order valence-corrected chi connectivity index (χ0v) is 13.9. The molecule has 1 aliphatic rings. The second-order valence-electron chi connectivity index (χ2n) is 5.93. The van der Waals surface area contributed by atoms with E-state index < -0.39 is 6.67 Å². The summed E-state index contributed by atoms with van der Waals surface area (Å²) in [6, 6.07) is 8.69. The van der Waals surface area contributed by atoms with E-state index in [1.54, 1.807) is 24.3 Å². The van der Waals surface area contributed by atoms with E-state index >= 15 is 0 Å². The minimum atomic E-state index is -0.542. The number of benzene rings is 1. The number of aromatic nitrogens is 3. The van der Waals surface area contributed by atoms with Crippen LogP contribution >= 0.6 is 0 Å². The molecule has 1 aliphatic heterocycles. The molecule has 0 amide bonds. The summed E-state index contributed by atoms with van der Waals surface area (Å²) in [6.45, 7) is 1.02. The lowest BCUT2D eigenvalue weighted by Crippen LogP contribution is -2.27. The number of rotatable bonds is 5. The average molecular weight is 356 g/mol. The predicted octanol–water partition coefficient (Wildman–Crippen LogP) is 2.09. The van der Waals surface area contributed by atoms with E-state index in [1.807, 2.05) is 6.07 Å². The Bertz CT molecular complexity index is 965. The van der Waals surface area contributed by atoms with E-state index in [4.69, 9.17) is 9.26 Å². The van der Waals surface area contributed by atoms with Gasteiger partial charge in [-0.2, -0.15) is 4.98 Å². The maximum atomic E-state index is 12.3. The molecular weight excluding hydrogens is 339 g/mol. The molecule has 1 aromatic carbocycles. The molecule has 0 atom stereocenters. The smallest absolute Gasteiger partial charge is 0.259 e. The Morgan fingerprint density at radius 1 is 1.27 bits per heavy atom. The summed E-state index contributed by atoms with van der Waals surface area (Å²) in [5, 5.41) is 7.21. The van der Waals surface area contributed by atoms with E-state index in [0.717, 1.165) is 24.2 Å². The molecule has 0 fully saturated rings. The molecular formula is C18H17FN4O3. The number of nitrogens with zero attached hydrogens (tertiary/aromatic N) is 2. The third-order valence-electron chi connectivity index (χ3n) is 4.20. The molecule has 0 radical (unpaired) electrons. The highest BCUT2D eigenvalue weighted by molar-refractivity contribution is 5.60. The van der Waals surface area contributed by atoms with Crippen LogP contribution in [0.3, 0.4) is 0 Å². The van der Waals surface area contributed by atoms with Crippen molar-refractivity contribution in [3.8, 4) is 28.6 Å². The molecule has 0 aliphatic carbocycles. The zero-order chi connectivity index (χ0) is 17.9. The molecule has 0 saturated carbocycles. The normalized spacial score (nSPS) is 13.4. The second-order valence-corrected chi connectivity index (χ2v) is 5.93. The molecule has 4 rings (SSSR count). The van der Waals surface area contributed by atoms with Crippen molar-refractivity contribution < 1.29 is 13.7 Å². The Hall–Kier alpha value is -3.00. The molecule has 26 heavy (non-hydrogen) atoms. The molecule has 2 aromatic heterocycles. The van der Waals surface area contributed by atoms with Crippen LogP contribution in [-0.2, 0) is 13.0 Å². The summed E-state index contributed by atoms with van der Waals surface area (Å²) in [5.41, 5.74) is 2.82. The van der Waals surface area contributed by atoms with Crippen LogP contribution in [0.5, 0.6) is 5.75 Å². The Morgan fingerprint density at radius 2 is 2.12 bits per heavy atom. The Labute approximate surface area is 148 Å². The number of hydrogen-bond acceptors (Lipinski definition) is 6. The van der Waals surface area contributed by atoms with Gasteiger partial charge in [-0.1, -0.05) is 5.16 Å². The van der Waals surface area contributed by atoms with Crippen LogP contribution in [0.2, 0.25) is 0 Å². The van der Waals surface area contributed by atoms with Crippen molar-refractivity contribution in [3.05, 3.63) is 51.9 Å². The molecule has 3 heterocycles. The first-order chi connectivity index (χ1) is 12.7. The van der Waals surface area contributed by atoms with Crippen molar-refractivity contribution in [2.75, 3.05) is 19.8 Å². The topological polar surface area (TPSA) is 93.0 Å². The first-order valence-corrected chi connectivity index (χ1v) is 8.33. The van der Waals surface area contributed by atoms with E-state index in [-0.39, 0.29) is 18.0 Å². The zero-order valence-electron chi connectivity index (χ0n) is 13.9. The molecule has 8 heteroatoms.